The van der Waals surface area contributed by atoms with Crippen molar-refractivity contribution in [3.05, 3.63) is 77.9 Å². The minimum Gasteiger partial charge on any atom is -0.496 e. The van der Waals surface area contributed by atoms with Gasteiger partial charge < -0.3 is 24.6 Å². The van der Waals surface area contributed by atoms with Crippen LogP contribution in [0.2, 0.25) is 0 Å². The third-order valence-electron chi connectivity index (χ3n) is 6.64. The number of anilines is 1. The number of nitrogens with one attached hydrogen (secondary N) is 1. The van der Waals surface area contributed by atoms with E-state index in [0.29, 0.717) is 23.0 Å². The fourth-order valence-corrected chi connectivity index (χ4v) is 4.67. The molecule has 3 aromatic rings. The first-order valence-corrected chi connectivity index (χ1v) is 11.9. The van der Waals surface area contributed by atoms with Crippen molar-refractivity contribution in [2.24, 2.45) is 4.99 Å². The predicted molar refractivity (Wildman–Crippen MR) is 138 cm³/mol. The summed E-state index contributed by atoms with van der Waals surface area (Å²) in [6.07, 6.45) is 2.13. The number of amides is 1. The van der Waals surface area contributed by atoms with Crippen LogP contribution in [0.1, 0.15) is 28.8 Å². The summed E-state index contributed by atoms with van der Waals surface area (Å²) in [7, 11) is 5.84. The molecule has 0 spiro atoms. The van der Waals surface area contributed by atoms with Gasteiger partial charge in [0.15, 0.2) is 5.75 Å². The van der Waals surface area contributed by atoms with E-state index in [1.54, 1.807) is 19.2 Å². The third-order valence-corrected chi connectivity index (χ3v) is 6.64. The number of ether oxygens (including phenoxy) is 2. The van der Waals surface area contributed by atoms with Crippen LogP contribution >= 0.6 is 0 Å². The maximum Gasteiger partial charge on any atom is 0.259 e. The highest BCUT2D eigenvalue weighted by molar-refractivity contribution is 6.08. The standard InChI is InChI=1S/C28H30N4O3/c1-31(2)20-14-16-32(17-15-20)27-22-18-19(29-28(33)21-8-4-6-10-24(21)34-3)12-13-25(22)35-26-11-7-5-9-23(26)30-27/h4-13,18,20H,14-17H2,1-3H3,(H,29,33). The Hall–Kier alpha value is -3.84. The van der Waals surface area contributed by atoms with Gasteiger partial charge in [0.25, 0.3) is 5.91 Å². The molecule has 7 heteroatoms. The minimum absolute atomic E-state index is 0.231. The smallest absolute Gasteiger partial charge is 0.259 e. The van der Waals surface area contributed by atoms with Gasteiger partial charge in [0.1, 0.15) is 23.0 Å². The van der Waals surface area contributed by atoms with Gasteiger partial charge >= 0.3 is 0 Å². The van der Waals surface area contributed by atoms with Crippen LogP contribution in [0.15, 0.2) is 71.7 Å². The van der Waals surface area contributed by atoms with Crippen LogP contribution in [-0.4, -0.2) is 61.9 Å². The molecule has 0 atom stereocenters. The fourth-order valence-electron chi connectivity index (χ4n) is 4.67. The molecule has 5 rings (SSSR count). The van der Waals surface area contributed by atoms with E-state index in [9.17, 15) is 4.79 Å². The molecule has 1 fully saturated rings. The lowest BCUT2D eigenvalue weighted by atomic mass is 10.0. The number of fused-ring (bicyclic) bond motifs is 2. The summed E-state index contributed by atoms with van der Waals surface area (Å²) in [5.74, 6) is 2.61. The summed E-state index contributed by atoms with van der Waals surface area (Å²) in [5, 5.41) is 3.02. The van der Waals surface area contributed by atoms with Crippen molar-refractivity contribution in [2.45, 2.75) is 18.9 Å². The van der Waals surface area contributed by atoms with Gasteiger partial charge in [-0.15, -0.1) is 0 Å². The van der Waals surface area contributed by atoms with Crippen LogP contribution in [0, 0.1) is 0 Å². The molecule has 0 aromatic heterocycles. The molecule has 35 heavy (non-hydrogen) atoms. The number of para-hydroxylation sites is 3. The van der Waals surface area contributed by atoms with Crippen LogP contribution in [0.5, 0.6) is 17.2 Å². The second-order valence-corrected chi connectivity index (χ2v) is 9.05. The number of aliphatic imine (C=N–C) groups is 1. The number of benzene rings is 3. The second-order valence-electron chi connectivity index (χ2n) is 9.05. The predicted octanol–water partition coefficient (Wildman–Crippen LogP) is 5.16. The van der Waals surface area contributed by atoms with Crippen molar-refractivity contribution in [3.8, 4) is 17.2 Å². The van der Waals surface area contributed by atoms with Gasteiger partial charge in [-0.05, 0) is 69.4 Å². The average molecular weight is 471 g/mol. The molecule has 0 unspecified atom stereocenters. The Morgan fingerprint density at radius 1 is 1.03 bits per heavy atom. The second kappa shape index (κ2) is 9.80. The Labute approximate surface area is 206 Å². The third kappa shape index (κ3) is 4.72. The van der Waals surface area contributed by atoms with Crippen LogP contribution < -0.4 is 14.8 Å². The maximum atomic E-state index is 13.0. The highest BCUT2D eigenvalue weighted by atomic mass is 16.5. The number of carbonyl (C=O) groups excluding carboxylic acids is 1. The molecule has 2 aliphatic heterocycles. The fraction of sp³-hybridized carbons (Fsp3) is 0.286. The molecular formula is C28H30N4O3. The van der Waals surface area contributed by atoms with E-state index in [4.69, 9.17) is 14.5 Å². The van der Waals surface area contributed by atoms with Gasteiger partial charge in [-0.2, -0.15) is 0 Å². The van der Waals surface area contributed by atoms with Crippen molar-refractivity contribution >= 4 is 23.1 Å². The Kier molecular flexibility index (Phi) is 6.42. The number of hydrogen-bond acceptors (Lipinski definition) is 6. The Morgan fingerprint density at radius 3 is 2.54 bits per heavy atom. The monoisotopic (exact) mass is 470 g/mol. The molecular weight excluding hydrogens is 440 g/mol. The number of methoxy groups -OCH3 is 1. The molecule has 0 saturated carbocycles. The Balaban J connectivity index is 1.49. The average Bonchev–Trinajstić information content (AvgIpc) is 3.05. The van der Waals surface area contributed by atoms with E-state index in [0.717, 1.165) is 54.5 Å². The van der Waals surface area contributed by atoms with Gasteiger partial charge in [-0.1, -0.05) is 24.3 Å². The van der Waals surface area contributed by atoms with Gasteiger partial charge in [0.05, 0.1) is 18.2 Å². The van der Waals surface area contributed by atoms with Crippen LogP contribution in [0.25, 0.3) is 0 Å². The molecule has 180 valence electrons. The number of likely N-dealkylation sites (tertiary alicyclic amines) is 1. The van der Waals surface area contributed by atoms with Crippen molar-refractivity contribution < 1.29 is 14.3 Å². The van der Waals surface area contributed by atoms with E-state index < -0.39 is 0 Å². The first-order chi connectivity index (χ1) is 17.0. The lowest BCUT2D eigenvalue weighted by Crippen LogP contribution is -2.44. The molecule has 7 nitrogen and oxygen atoms in total. The van der Waals surface area contributed by atoms with E-state index in [2.05, 4.69) is 29.2 Å². The molecule has 0 bridgehead atoms. The summed E-state index contributed by atoms with van der Waals surface area (Å²) in [5.41, 5.74) is 2.81. The zero-order valence-electron chi connectivity index (χ0n) is 20.3. The highest BCUT2D eigenvalue weighted by Gasteiger charge is 2.28. The number of carbonyl (C=O) groups is 1. The minimum atomic E-state index is -0.231. The Morgan fingerprint density at radius 2 is 1.77 bits per heavy atom. The molecule has 0 aliphatic carbocycles. The number of amidine groups is 1. The largest absolute Gasteiger partial charge is 0.496 e. The summed E-state index contributed by atoms with van der Waals surface area (Å²) < 4.78 is 11.6. The molecule has 2 aliphatic rings. The number of nitrogens with zero attached hydrogens (tertiary/aromatic N) is 3. The normalized spacial score (nSPS) is 15.4. The number of piperidine rings is 1. The van der Waals surface area contributed by atoms with Gasteiger partial charge in [-0.3, -0.25) is 4.79 Å². The SMILES string of the molecule is COc1ccccc1C(=O)Nc1ccc2c(c1)C(N1CCC(N(C)C)CC1)=Nc1ccccc1O2. The lowest BCUT2D eigenvalue weighted by molar-refractivity contribution is 0.102. The summed E-state index contributed by atoms with van der Waals surface area (Å²) in [4.78, 5) is 22.7. The van der Waals surface area contributed by atoms with Crippen LogP contribution in [0.4, 0.5) is 11.4 Å². The van der Waals surface area contributed by atoms with Crippen molar-refractivity contribution in [1.29, 1.82) is 0 Å². The topological polar surface area (TPSA) is 66.4 Å². The zero-order chi connectivity index (χ0) is 24.4. The van der Waals surface area contributed by atoms with E-state index in [1.807, 2.05) is 54.6 Å². The molecule has 1 amide bonds. The van der Waals surface area contributed by atoms with E-state index in [1.165, 1.54) is 0 Å². The van der Waals surface area contributed by atoms with E-state index >= 15 is 0 Å². The van der Waals surface area contributed by atoms with Crippen molar-refractivity contribution in [2.75, 3.05) is 39.6 Å². The zero-order valence-corrected chi connectivity index (χ0v) is 20.3. The first-order valence-electron chi connectivity index (χ1n) is 11.9. The highest BCUT2D eigenvalue weighted by Crippen LogP contribution is 2.39. The first kappa shape index (κ1) is 22.9. The van der Waals surface area contributed by atoms with Gasteiger partial charge in [-0.25, -0.2) is 4.99 Å². The van der Waals surface area contributed by atoms with E-state index in [-0.39, 0.29) is 5.91 Å². The molecule has 0 radical (unpaired) electrons. The quantitative estimate of drug-likeness (QED) is 0.571. The summed E-state index contributed by atoms with van der Waals surface area (Å²) in [6, 6.07) is 21.3. The van der Waals surface area contributed by atoms with Crippen molar-refractivity contribution in [3.63, 3.8) is 0 Å². The summed E-state index contributed by atoms with van der Waals surface area (Å²) >= 11 is 0. The number of rotatable bonds is 4. The van der Waals surface area contributed by atoms with Crippen molar-refractivity contribution in [1.82, 2.24) is 9.80 Å². The van der Waals surface area contributed by atoms with Crippen LogP contribution in [-0.2, 0) is 0 Å². The van der Waals surface area contributed by atoms with Gasteiger partial charge in [0.2, 0.25) is 0 Å². The van der Waals surface area contributed by atoms with Gasteiger partial charge in [0, 0.05) is 24.8 Å². The Bertz CT molecular complexity index is 1260. The van der Waals surface area contributed by atoms with Crippen LogP contribution in [0.3, 0.4) is 0 Å². The molecule has 1 saturated heterocycles. The lowest BCUT2D eigenvalue weighted by Gasteiger charge is -2.37. The molecule has 1 N–H and O–H groups in total. The molecule has 2 heterocycles. The number of hydrogen-bond donors (Lipinski definition) is 1. The maximum absolute atomic E-state index is 13.0. The molecule has 3 aromatic carbocycles. The summed E-state index contributed by atoms with van der Waals surface area (Å²) in [6.45, 7) is 1.81.